The highest BCUT2D eigenvalue weighted by Crippen LogP contribution is 2.17. The molecular formula is C12H15NO3S. The fourth-order valence-electron chi connectivity index (χ4n) is 1.44. The molecule has 17 heavy (non-hydrogen) atoms. The molecule has 4 nitrogen and oxygen atoms in total. The minimum absolute atomic E-state index is 0.0471. The van der Waals surface area contributed by atoms with Crippen molar-refractivity contribution in [3.05, 3.63) is 35.9 Å². The van der Waals surface area contributed by atoms with E-state index in [9.17, 15) is 8.42 Å². The lowest BCUT2D eigenvalue weighted by molar-refractivity contribution is 0.217. The molecule has 0 aliphatic heterocycles. The van der Waals surface area contributed by atoms with Gasteiger partial charge in [0, 0.05) is 7.11 Å². The third kappa shape index (κ3) is 4.55. The van der Waals surface area contributed by atoms with Gasteiger partial charge in [0.1, 0.15) is 0 Å². The Bertz CT molecular complexity index is 476. The molecule has 0 aliphatic carbocycles. The van der Waals surface area contributed by atoms with E-state index in [2.05, 4.69) is 0 Å². The molecule has 0 saturated heterocycles. The van der Waals surface area contributed by atoms with Crippen LogP contribution in [0.4, 0.5) is 0 Å². The molecule has 1 unspecified atom stereocenters. The summed E-state index contributed by atoms with van der Waals surface area (Å²) in [6.45, 7) is 0.162. The van der Waals surface area contributed by atoms with Crippen molar-refractivity contribution in [2.24, 2.45) is 0 Å². The van der Waals surface area contributed by atoms with Gasteiger partial charge in [0.15, 0.2) is 9.84 Å². The van der Waals surface area contributed by atoms with E-state index in [1.807, 2.05) is 12.1 Å². The van der Waals surface area contributed by atoms with E-state index in [0.29, 0.717) is 0 Å². The quantitative estimate of drug-likeness (QED) is 0.767. The monoisotopic (exact) mass is 253 g/mol. The Morgan fingerprint density at radius 2 is 2.00 bits per heavy atom. The molecule has 0 saturated carbocycles. The molecule has 0 amide bonds. The van der Waals surface area contributed by atoms with Crippen LogP contribution in [0.1, 0.15) is 11.5 Å². The van der Waals surface area contributed by atoms with Crippen molar-refractivity contribution in [3.63, 3.8) is 0 Å². The summed E-state index contributed by atoms with van der Waals surface area (Å²) in [5.41, 5.74) is 0.732. The fourth-order valence-corrected chi connectivity index (χ4v) is 2.80. The molecule has 0 radical (unpaired) electrons. The van der Waals surface area contributed by atoms with Crippen molar-refractivity contribution in [1.29, 1.82) is 5.26 Å². The molecule has 0 fully saturated rings. The zero-order valence-corrected chi connectivity index (χ0v) is 10.5. The third-order valence-corrected chi connectivity index (χ3v) is 4.01. The van der Waals surface area contributed by atoms with Gasteiger partial charge in [0.2, 0.25) is 0 Å². The summed E-state index contributed by atoms with van der Waals surface area (Å²) in [6.07, 6.45) is 0. The molecule has 0 N–H and O–H groups in total. The third-order valence-electron chi connectivity index (χ3n) is 2.38. The molecule has 1 aromatic rings. The average molecular weight is 253 g/mol. The minimum atomic E-state index is -3.25. The number of rotatable bonds is 6. The Morgan fingerprint density at radius 3 is 2.53 bits per heavy atom. The van der Waals surface area contributed by atoms with Crippen molar-refractivity contribution in [1.82, 2.24) is 0 Å². The van der Waals surface area contributed by atoms with Gasteiger partial charge in [-0.2, -0.15) is 5.26 Å². The van der Waals surface area contributed by atoms with Gasteiger partial charge < -0.3 is 4.74 Å². The molecule has 1 rings (SSSR count). The lowest BCUT2D eigenvalue weighted by atomic mass is 10.0. The van der Waals surface area contributed by atoms with Gasteiger partial charge in [-0.1, -0.05) is 30.3 Å². The number of nitrogens with zero attached hydrogens (tertiary/aromatic N) is 1. The predicted octanol–water partition coefficient (Wildman–Crippen LogP) is 1.35. The number of ether oxygens (including phenoxy) is 1. The Kier molecular flexibility index (Phi) is 5.13. The molecule has 0 bridgehead atoms. The lowest BCUT2D eigenvalue weighted by Gasteiger charge is -2.09. The van der Waals surface area contributed by atoms with Crippen LogP contribution in [-0.4, -0.2) is 33.6 Å². The summed E-state index contributed by atoms with van der Waals surface area (Å²) in [6, 6.07) is 11.0. The maximum Gasteiger partial charge on any atom is 0.154 e. The number of sulfone groups is 1. The Hall–Kier alpha value is -1.38. The standard InChI is InChI=1S/C12H15NO3S/c1-16-7-8-17(14,15)10-12(9-13)11-5-3-2-4-6-11/h2-6,12H,7-8,10H2,1H3. The van der Waals surface area contributed by atoms with Gasteiger partial charge in [-0.15, -0.1) is 0 Å². The summed E-state index contributed by atoms with van der Waals surface area (Å²) < 4.78 is 28.1. The van der Waals surface area contributed by atoms with E-state index in [0.717, 1.165) is 5.56 Å². The highest BCUT2D eigenvalue weighted by Gasteiger charge is 2.20. The smallest absolute Gasteiger partial charge is 0.154 e. The SMILES string of the molecule is COCCS(=O)(=O)CC(C#N)c1ccccc1. The van der Waals surface area contributed by atoms with Crippen LogP contribution in [-0.2, 0) is 14.6 Å². The van der Waals surface area contributed by atoms with Gasteiger partial charge >= 0.3 is 0 Å². The Morgan fingerprint density at radius 1 is 1.35 bits per heavy atom. The van der Waals surface area contributed by atoms with E-state index in [-0.39, 0.29) is 18.1 Å². The predicted molar refractivity (Wildman–Crippen MR) is 65.3 cm³/mol. The summed E-state index contributed by atoms with van der Waals surface area (Å²) in [5.74, 6) is -0.816. The van der Waals surface area contributed by atoms with Crippen LogP contribution in [0.2, 0.25) is 0 Å². The number of hydrogen-bond acceptors (Lipinski definition) is 4. The lowest BCUT2D eigenvalue weighted by Crippen LogP contribution is -2.19. The van der Waals surface area contributed by atoms with E-state index >= 15 is 0 Å². The van der Waals surface area contributed by atoms with Crippen LogP contribution >= 0.6 is 0 Å². The second-order valence-corrected chi connectivity index (χ2v) is 5.93. The van der Waals surface area contributed by atoms with Crippen LogP contribution in [0.3, 0.4) is 0 Å². The largest absolute Gasteiger partial charge is 0.384 e. The van der Waals surface area contributed by atoms with E-state index in [1.54, 1.807) is 24.3 Å². The summed E-state index contributed by atoms with van der Waals surface area (Å²) in [5, 5.41) is 9.02. The van der Waals surface area contributed by atoms with Gasteiger partial charge in [-0.25, -0.2) is 8.42 Å². The molecule has 0 spiro atoms. The van der Waals surface area contributed by atoms with Crippen LogP contribution in [0, 0.1) is 11.3 Å². The normalized spacial score (nSPS) is 12.9. The van der Waals surface area contributed by atoms with Crippen LogP contribution in [0.5, 0.6) is 0 Å². The van der Waals surface area contributed by atoms with Crippen molar-refractivity contribution in [2.75, 3.05) is 25.2 Å². The molecular weight excluding hydrogens is 238 g/mol. The van der Waals surface area contributed by atoms with Crippen molar-refractivity contribution < 1.29 is 13.2 Å². The highest BCUT2D eigenvalue weighted by molar-refractivity contribution is 7.91. The molecule has 1 atom stereocenters. The molecule has 0 aliphatic rings. The first-order valence-electron chi connectivity index (χ1n) is 5.23. The number of nitriles is 1. The average Bonchev–Trinajstić information content (AvgIpc) is 2.35. The van der Waals surface area contributed by atoms with Crippen molar-refractivity contribution in [3.8, 4) is 6.07 Å². The Balaban J connectivity index is 2.75. The maximum absolute atomic E-state index is 11.7. The summed E-state index contributed by atoms with van der Waals surface area (Å²) in [4.78, 5) is 0. The first-order valence-corrected chi connectivity index (χ1v) is 7.05. The van der Waals surface area contributed by atoms with Gasteiger partial charge in [0.05, 0.1) is 30.1 Å². The van der Waals surface area contributed by atoms with Gasteiger partial charge in [-0.05, 0) is 5.56 Å². The number of hydrogen-bond donors (Lipinski definition) is 0. The molecule has 0 heterocycles. The fraction of sp³-hybridized carbons (Fsp3) is 0.417. The first-order chi connectivity index (χ1) is 8.09. The van der Waals surface area contributed by atoms with Gasteiger partial charge in [-0.3, -0.25) is 0 Å². The first kappa shape index (κ1) is 13.7. The van der Waals surface area contributed by atoms with Gasteiger partial charge in [0.25, 0.3) is 0 Å². The van der Waals surface area contributed by atoms with Crippen LogP contribution < -0.4 is 0 Å². The highest BCUT2D eigenvalue weighted by atomic mass is 32.2. The second kappa shape index (κ2) is 6.38. The molecule has 5 heteroatoms. The zero-order chi connectivity index (χ0) is 12.7. The minimum Gasteiger partial charge on any atom is -0.384 e. The molecule has 0 aromatic heterocycles. The maximum atomic E-state index is 11.7. The van der Waals surface area contributed by atoms with E-state index in [1.165, 1.54) is 7.11 Å². The van der Waals surface area contributed by atoms with Crippen LogP contribution in [0.15, 0.2) is 30.3 Å². The molecule has 92 valence electrons. The molecule has 1 aromatic carbocycles. The number of benzene rings is 1. The second-order valence-electron chi connectivity index (χ2n) is 3.70. The van der Waals surface area contributed by atoms with E-state index < -0.39 is 15.8 Å². The van der Waals surface area contributed by atoms with Crippen molar-refractivity contribution in [2.45, 2.75) is 5.92 Å². The Labute approximate surface area is 102 Å². The summed E-state index contributed by atoms with van der Waals surface area (Å²) >= 11 is 0. The number of methoxy groups -OCH3 is 1. The topological polar surface area (TPSA) is 67.2 Å². The van der Waals surface area contributed by atoms with E-state index in [4.69, 9.17) is 10.00 Å². The van der Waals surface area contributed by atoms with Crippen LogP contribution in [0.25, 0.3) is 0 Å². The van der Waals surface area contributed by atoms with Crippen molar-refractivity contribution >= 4 is 9.84 Å². The zero-order valence-electron chi connectivity index (χ0n) is 9.67. The summed E-state index contributed by atoms with van der Waals surface area (Å²) in [7, 11) is -1.80.